The molecule has 0 spiro atoms. The highest BCUT2D eigenvalue weighted by molar-refractivity contribution is 14.1. The van der Waals surface area contributed by atoms with E-state index in [9.17, 15) is 4.79 Å². The fraction of sp³-hybridized carbons (Fsp3) is 0.273. The van der Waals surface area contributed by atoms with Gasteiger partial charge in [0, 0.05) is 11.0 Å². The molecule has 0 saturated heterocycles. The van der Waals surface area contributed by atoms with Gasteiger partial charge in [-0.3, -0.25) is 15.5 Å². The number of guanidine groups is 1. The molecule has 7 N–H and O–H groups in total. The van der Waals surface area contributed by atoms with Crippen molar-refractivity contribution >= 4 is 56.9 Å². The molecule has 1 aromatic heterocycles. The van der Waals surface area contributed by atoms with Crippen molar-refractivity contribution < 1.29 is 9.53 Å². The fourth-order valence-corrected chi connectivity index (χ4v) is 3.76. The number of nitrogens with zero attached hydrogens (tertiary/aromatic N) is 2. The number of fused-ring (bicyclic) bond motifs is 1. The second kappa shape index (κ2) is 10.9. The SMILES string of the molecule is COc1ccc2cc(CCCCNC(=N)NC(=O)c3nc(CI)c(N)nc3N)ccc2c1. The van der Waals surface area contributed by atoms with E-state index in [-0.39, 0.29) is 23.3 Å². The lowest BCUT2D eigenvalue weighted by molar-refractivity contribution is 0.0971. The molecule has 0 fully saturated rings. The lowest BCUT2D eigenvalue weighted by Gasteiger charge is -2.11. The Bertz CT molecular complexity index is 1140. The van der Waals surface area contributed by atoms with Gasteiger partial charge in [0.1, 0.15) is 11.6 Å². The van der Waals surface area contributed by atoms with Crippen LogP contribution in [0.2, 0.25) is 0 Å². The minimum absolute atomic E-state index is 0.0358. The quantitative estimate of drug-likeness (QED) is 0.0956. The van der Waals surface area contributed by atoms with Crippen LogP contribution in [0.4, 0.5) is 11.6 Å². The average Bonchev–Trinajstić information content (AvgIpc) is 2.78. The molecule has 0 radical (unpaired) electrons. The van der Waals surface area contributed by atoms with Gasteiger partial charge in [0.2, 0.25) is 0 Å². The zero-order chi connectivity index (χ0) is 23.1. The van der Waals surface area contributed by atoms with Crippen LogP contribution < -0.4 is 26.8 Å². The van der Waals surface area contributed by atoms with Crippen LogP contribution in [0.15, 0.2) is 36.4 Å². The van der Waals surface area contributed by atoms with Gasteiger partial charge < -0.3 is 21.5 Å². The number of nitrogens with two attached hydrogens (primary N) is 2. The molecular formula is C22H26IN7O2. The third kappa shape index (κ3) is 5.96. The van der Waals surface area contributed by atoms with Crippen LogP contribution in [0.25, 0.3) is 10.8 Å². The summed E-state index contributed by atoms with van der Waals surface area (Å²) < 4.78 is 5.76. The number of hydrogen-bond donors (Lipinski definition) is 5. The van der Waals surface area contributed by atoms with E-state index in [0.29, 0.717) is 16.7 Å². The van der Waals surface area contributed by atoms with E-state index in [4.69, 9.17) is 21.6 Å². The standard InChI is InChI=1S/C22H26IN7O2/c1-32-16-8-7-14-10-13(5-6-15(14)11-16)4-2-3-9-27-22(26)30-21(31)18-20(25)29-19(24)17(12-23)28-18/h5-8,10-11H,2-4,9,12H2,1H3,(H4,24,25,29)(H3,26,27,30,31). The molecule has 9 nitrogen and oxygen atoms in total. The molecule has 3 rings (SSSR count). The molecule has 10 heteroatoms. The van der Waals surface area contributed by atoms with Crippen LogP contribution in [-0.2, 0) is 10.8 Å². The predicted octanol–water partition coefficient (Wildman–Crippen LogP) is 3.01. The van der Waals surface area contributed by atoms with Crippen LogP contribution in [0.3, 0.4) is 0 Å². The van der Waals surface area contributed by atoms with Gasteiger partial charge in [-0.05, 0) is 47.7 Å². The van der Waals surface area contributed by atoms with Gasteiger partial charge in [-0.25, -0.2) is 9.97 Å². The normalized spacial score (nSPS) is 10.7. The Morgan fingerprint density at radius 1 is 1.09 bits per heavy atom. The smallest absolute Gasteiger partial charge is 0.280 e. The molecule has 0 aliphatic rings. The van der Waals surface area contributed by atoms with Gasteiger partial charge in [-0.2, -0.15) is 0 Å². The number of aryl methyl sites for hydroxylation is 1. The molecule has 0 aliphatic carbocycles. The van der Waals surface area contributed by atoms with Crippen molar-refractivity contribution in [2.75, 3.05) is 25.1 Å². The van der Waals surface area contributed by atoms with Crippen molar-refractivity contribution in [1.29, 1.82) is 5.41 Å². The minimum Gasteiger partial charge on any atom is -0.497 e. The Morgan fingerprint density at radius 3 is 2.59 bits per heavy atom. The Hall–Kier alpha value is -3.15. The molecule has 2 aromatic carbocycles. The van der Waals surface area contributed by atoms with Crippen molar-refractivity contribution in [1.82, 2.24) is 20.6 Å². The van der Waals surface area contributed by atoms with Crippen molar-refractivity contribution in [2.45, 2.75) is 23.7 Å². The van der Waals surface area contributed by atoms with Gasteiger partial charge in [0.05, 0.1) is 12.8 Å². The van der Waals surface area contributed by atoms with Gasteiger partial charge in [-0.1, -0.05) is 46.9 Å². The number of rotatable bonds is 8. The van der Waals surface area contributed by atoms with Gasteiger partial charge in [0.25, 0.3) is 5.91 Å². The van der Waals surface area contributed by atoms with Gasteiger partial charge >= 0.3 is 0 Å². The van der Waals surface area contributed by atoms with Gasteiger partial charge in [-0.15, -0.1) is 0 Å². The number of methoxy groups -OCH3 is 1. The first-order chi connectivity index (χ1) is 15.4. The highest BCUT2D eigenvalue weighted by Gasteiger charge is 2.17. The third-order valence-electron chi connectivity index (χ3n) is 4.91. The Labute approximate surface area is 200 Å². The summed E-state index contributed by atoms with van der Waals surface area (Å²) in [4.78, 5) is 20.5. The number of carbonyl (C=O) groups excluding carboxylic acids is 1. The maximum Gasteiger partial charge on any atom is 0.280 e. The number of unbranched alkanes of at least 4 members (excludes halogenated alkanes) is 1. The molecule has 0 saturated carbocycles. The van der Waals surface area contributed by atoms with E-state index >= 15 is 0 Å². The number of carbonyl (C=O) groups is 1. The highest BCUT2D eigenvalue weighted by atomic mass is 127. The predicted molar refractivity (Wildman–Crippen MR) is 135 cm³/mol. The van der Waals surface area contributed by atoms with E-state index in [1.165, 1.54) is 10.9 Å². The second-order valence-electron chi connectivity index (χ2n) is 7.18. The Morgan fingerprint density at radius 2 is 1.84 bits per heavy atom. The third-order valence-corrected chi connectivity index (χ3v) is 5.63. The first kappa shape index (κ1) is 23.5. The maximum absolute atomic E-state index is 12.4. The van der Waals surface area contributed by atoms with E-state index < -0.39 is 5.91 Å². The van der Waals surface area contributed by atoms with Crippen molar-refractivity contribution in [3.05, 3.63) is 53.3 Å². The maximum atomic E-state index is 12.4. The molecule has 3 aromatic rings. The van der Waals surface area contributed by atoms with Crippen LogP contribution in [-0.4, -0.2) is 35.5 Å². The monoisotopic (exact) mass is 547 g/mol. The van der Waals surface area contributed by atoms with E-state index in [1.54, 1.807) is 7.11 Å². The Balaban J connectivity index is 1.43. The number of amides is 1. The molecule has 0 bridgehead atoms. The summed E-state index contributed by atoms with van der Waals surface area (Å²) in [6.07, 6.45) is 2.73. The molecule has 0 atom stereocenters. The van der Waals surface area contributed by atoms with Crippen LogP contribution >= 0.6 is 22.6 Å². The number of nitrogens with one attached hydrogen (secondary N) is 3. The zero-order valence-electron chi connectivity index (χ0n) is 17.7. The summed E-state index contributed by atoms with van der Waals surface area (Å²) in [7, 11) is 1.66. The number of halogens is 1. The number of nitrogen functional groups attached to an aromatic ring is 2. The summed E-state index contributed by atoms with van der Waals surface area (Å²) >= 11 is 2.08. The number of ether oxygens (including phenoxy) is 1. The van der Waals surface area contributed by atoms with E-state index in [1.807, 2.05) is 12.1 Å². The summed E-state index contributed by atoms with van der Waals surface area (Å²) in [5, 5.41) is 15.6. The van der Waals surface area contributed by atoms with E-state index in [0.717, 1.165) is 30.4 Å². The number of hydrogen-bond acceptors (Lipinski definition) is 7. The first-order valence-corrected chi connectivity index (χ1v) is 11.6. The number of anilines is 2. The molecule has 0 aliphatic heterocycles. The summed E-state index contributed by atoms with van der Waals surface area (Å²) in [5.41, 5.74) is 13.2. The number of alkyl halides is 1. The second-order valence-corrected chi connectivity index (χ2v) is 7.95. The lowest BCUT2D eigenvalue weighted by Crippen LogP contribution is -2.41. The average molecular weight is 547 g/mol. The zero-order valence-corrected chi connectivity index (χ0v) is 19.9. The topological polar surface area (TPSA) is 152 Å². The molecule has 1 heterocycles. The largest absolute Gasteiger partial charge is 0.497 e. The Kier molecular flexibility index (Phi) is 8.03. The molecular weight excluding hydrogens is 521 g/mol. The van der Waals surface area contributed by atoms with E-state index in [2.05, 4.69) is 67.5 Å². The fourth-order valence-electron chi connectivity index (χ4n) is 3.20. The molecule has 168 valence electrons. The van der Waals surface area contributed by atoms with Crippen molar-refractivity contribution in [3.63, 3.8) is 0 Å². The van der Waals surface area contributed by atoms with Crippen LogP contribution in [0.1, 0.15) is 34.6 Å². The summed E-state index contributed by atoms with van der Waals surface area (Å²) in [5.74, 6) is 0.292. The van der Waals surface area contributed by atoms with Crippen molar-refractivity contribution in [3.8, 4) is 5.75 Å². The number of aromatic nitrogens is 2. The summed E-state index contributed by atoms with van der Waals surface area (Å²) in [6.45, 7) is 0.561. The summed E-state index contributed by atoms with van der Waals surface area (Å²) in [6, 6.07) is 12.5. The van der Waals surface area contributed by atoms with Crippen molar-refractivity contribution in [2.24, 2.45) is 0 Å². The highest BCUT2D eigenvalue weighted by Crippen LogP contribution is 2.22. The minimum atomic E-state index is -0.591. The molecule has 0 unspecified atom stereocenters. The number of benzene rings is 2. The van der Waals surface area contributed by atoms with Crippen LogP contribution in [0.5, 0.6) is 5.75 Å². The van der Waals surface area contributed by atoms with Gasteiger partial charge in [0.15, 0.2) is 17.5 Å². The van der Waals surface area contributed by atoms with Crippen LogP contribution in [0, 0.1) is 5.41 Å². The lowest BCUT2D eigenvalue weighted by atomic mass is 10.0. The first-order valence-electron chi connectivity index (χ1n) is 10.1. The molecule has 32 heavy (non-hydrogen) atoms. The molecule has 1 amide bonds.